The first-order valence-corrected chi connectivity index (χ1v) is 7.94. The third kappa shape index (κ3) is 2.92. The molecule has 1 aromatic heterocycles. The number of nitrogens with zero attached hydrogens (tertiary/aromatic N) is 1. The van der Waals surface area contributed by atoms with Gasteiger partial charge in [-0.3, -0.25) is 4.90 Å². The zero-order chi connectivity index (χ0) is 13.1. The summed E-state index contributed by atoms with van der Waals surface area (Å²) in [6.45, 7) is 7.53. The summed E-state index contributed by atoms with van der Waals surface area (Å²) in [4.78, 5) is 2.52. The van der Waals surface area contributed by atoms with E-state index in [0.29, 0.717) is 6.04 Å². The maximum absolute atomic E-state index is 6.34. The Bertz CT molecular complexity index is 380. The first-order valence-electron chi connectivity index (χ1n) is 6.79. The van der Waals surface area contributed by atoms with Gasteiger partial charge in [-0.05, 0) is 32.4 Å². The zero-order valence-corrected chi connectivity index (χ0v) is 12.4. The molecule has 102 valence electrons. The van der Waals surface area contributed by atoms with Gasteiger partial charge in [-0.25, -0.2) is 0 Å². The minimum Gasteiger partial charge on any atom is -0.465 e. The second-order valence-corrected chi connectivity index (χ2v) is 6.28. The van der Waals surface area contributed by atoms with Gasteiger partial charge in [0.2, 0.25) is 0 Å². The SMILES string of the molecule is CCC(N)C(c1ccc(C)o1)N1CCSCC1C. The number of rotatable bonds is 4. The molecular weight excluding hydrogens is 244 g/mol. The van der Waals surface area contributed by atoms with Gasteiger partial charge in [0.05, 0.1) is 6.04 Å². The topological polar surface area (TPSA) is 42.4 Å². The second-order valence-electron chi connectivity index (χ2n) is 5.13. The molecule has 0 aliphatic carbocycles. The highest BCUT2D eigenvalue weighted by Gasteiger charge is 2.32. The normalized spacial score (nSPS) is 25.0. The van der Waals surface area contributed by atoms with Crippen molar-refractivity contribution in [3.63, 3.8) is 0 Å². The standard InChI is InChI=1S/C14H24N2OS/c1-4-12(15)14(13-6-5-11(3)17-13)16-7-8-18-9-10(16)2/h5-6,10,12,14H,4,7-9,15H2,1-3H3. The van der Waals surface area contributed by atoms with E-state index in [-0.39, 0.29) is 12.1 Å². The number of hydrogen-bond donors (Lipinski definition) is 1. The molecule has 18 heavy (non-hydrogen) atoms. The van der Waals surface area contributed by atoms with Crippen LogP contribution in [0, 0.1) is 6.92 Å². The van der Waals surface area contributed by atoms with Crippen LogP contribution < -0.4 is 5.73 Å². The Labute approximate surface area is 114 Å². The lowest BCUT2D eigenvalue weighted by atomic mass is 10.0. The molecule has 0 saturated carbocycles. The molecule has 4 heteroatoms. The first kappa shape index (κ1) is 14.0. The Morgan fingerprint density at radius 1 is 1.56 bits per heavy atom. The largest absolute Gasteiger partial charge is 0.465 e. The van der Waals surface area contributed by atoms with E-state index < -0.39 is 0 Å². The number of thioether (sulfide) groups is 1. The molecule has 3 atom stereocenters. The van der Waals surface area contributed by atoms with Gasteiger partial charge in [0.1, 0.15) is 11.5 Å². The van der Waals surface area contributed by atoms with Gasteiger partial charge in [0, 0.05) is 30.1 Å². The lowest BCUT2D eigenvalue weighted by molar-refractivity contribution is 0.118. The summed E-state index contributed by atoms with van der Waals surface area (Å²) in [5.41, 5.74) is 6.34. The Morgan fingerprint density at radius 2 is 2.33 bits per heavy atom. The molecule has 0 aromatic carbocycles. The van der Waals surface area contributed by atoms with Gasteiger partial charge in [0.15, 0.2) is 0 Å². The van der Waals surface area contributed by atoms with E-state index >= 15 is 0 Å². The quantitative estimate of drug-likeness (QED) is 0.912. The van der Waals surface area contributed by atoms with Crippen LogP contribution in [0.15, 0.2) is 16.5 Å². The molecule has 1 saturated heterocycles. The Hall–Kier alpha value is -0.450. The molecule has 0 radical (unpaired) electrons. The molecule has 1 aromatic rings. The van der Waals surface area contributed by atoms with Crippen LogP contribution in [0.4, 0.5) is 0 Å². The van der Waals surface area contributed by atoms with Crippen molar-refractivity contribution in [2.75, 3.05) is 18.1 Å². The lowest BCUT2D eigenvalue weighted by Crippen LogP contribution is -2.48. The van der Waals surface area contributed by atoms with Crippen LogP contribution in [0.25, 0.3) is 0 Å². The highest BCUT2D eigenvalue weighted by molar-refractivity contribution is 7.99. The Balaban J connectivity index is 2.24. The van der Waals surface area contributed by atoms with E-state index in [2.05, 4.69) is 24.8 Å². The summed E-state index contributed by atoms with van der Waals surface area (Å²) < 4.78 is 5.84. The van der Waals surface area contributed by atoms with Crippen LogP contribution in [0.2, 0.25) is 0 Å². The number of nitrogens with two attached hydrogens (primary N) is 1. The van der Waals surface area contributed by atoms with Crippen LogP contribution in [0.5, 0.6) is 0 Å². The molecule has 1 aliphatic heterocycles. The molecule has 0 amide bonds. The Morgan fingerprint density at radius 3 is 2.89 bits per heavy atom. The van der Waals surface area contributed by atoms with Gasteiger partial charge >= 0.3 is 0 Å². The maximum Gasteiger partial charge on any atom is 0.122 e. The van der Waals surface area contributed by atoms with Gasteiger partial charge in [-0.1, -0.05) is 6.92 Å². The molecule has 1 fully saturated rings. The average molecular weight is 268 g/mol. The fraction of sp³-hybridized carbons (Fsp3) is 0.714. The minimum absolute atomic E-state index is 0.140. The van der Waals surface area contributed by atoms with Crippen LogP contribution in [0.3, 0.4) is 0 Å². The van der Waals surface area contributed by atoms with Crippen LogP contribution in [-0.4, -0.2) is 35.0 Å². The summed E-state index contributed by atoms with van der Waals surface area (Å²) in [5.74, 6) is 4.38. The number of aryl methyl sites for hydroxylation is 1. The summed E-state index contributed by atoms with van der Waals surface area (Å²) in [6.07, 6.45) is 0.973. The van der Waals surface area contributed by atoms with E-state index in [4.69, 9.17) is 10.2 Å². The Kier molecular flexibility index (Phi) is 4.76. The fourth-order valence-corrected chi connectivity index (χ4v) is 3.65. The number of hydrogen-bond acceptors (Lipinski definition) is 4. The molecule has 2 heterocycles. The smallest absolute Gasteiger partial charge is 0.122 e. The van der Waals surface area contributed by atoms with Crippen molar-refractivity contribution in [1.29, 1.82) is 0 Å². The summed E-state index contributed by atoms with van der Waals surface area (Å²) in [6, 6.07) is 5.05. The van der Waals surface area contributed by atoms with Crippen molar-refractivity contribution in [2.24, 2.45) is 5.73 Å². The highest BCUT2D eigenvalue weighted by atomic mass is 32.2. The summed E-state index contributed by atoms with van der Waals surface area (Å²) in [5, 5.41) is 0. The van der Waals surface area contributed by atoms with Crippen molar-refractivity contribution in [1.82, 2.24) is 4.90 Å². The first-order chi connectivity index (χ1) is 8.63. The lowest BCUT2D eigenvalue weighted by Gasteiger charge is -2.40. The zero-order valence-electron chi connectivity index (χ0n) is 11.6. The fourth-order valence-electron chi connectivity index (χ4n) is 2.61. The summed E-state index contributed by atoms with van der Waals surface area (Å²) >= 11 is 2.03. The van der Waals surface area contributed by atoms with Gasteiger partial charge in [-0.2, -0.15) is 11.8 Å². The minimum atomic E-state index is 0.140. The predicted molar refractivity (Wildman–Crippen MR) is 77.9 cm³/mol. The molecule has 2 N–H and O–H groups in total. The number of furan rings is 1. The highest BCUT2D eigenvalue weighted by Crippen LogP contribution is 2.31. The maximum atomic E-state index is 6.34. The van der Waals surface area contributed by atoms with Crippen molar-refractivity contribution >= 4 is 11.8 Å². The average Bonchev–Trinajstić information content (AvgIpc) is 2.78. The van der Waals surface area contributed by atoms with E-state index in [0.717, 1.165) is 24.5 Å². The molecule has 3 unspecified atom stereocenters. The van der Waals surface area contributed by atoms with Crippen LogP contribution in [-0.2, 0) is 0 Å². The van der Waals surface area contributed by atoms with Crippen molar-refractivity contribution < 1.29 is 4.42 Å². The molecule has 3 nitrogen and oxygen atoms in total. The molecular formula is C14H24N2OS. The van der Waals surface area contributed by atoms with Crippen molar-refractivity contribution in [2.45, 2.75) is 45.3 Å². The van der Waals surface area contributed by atoms with Crippen LogP contribution in [0.1, 0.15) is 37.8 Å². The third-order valence-electron chi connectivity index (χ3n) is 3.71. The molecule has 2 rings (SSSR count). The predicted octanol–water partition coefficient (Wildman–Crippen LogP) is 2.80. The van der Waals surface area contributed by atoms with Crippen molar-refractivity contribution in [3.8, 4) is 0 Å². The van der Waals surface area contributed by atoms with E-state index in [1.807, 2.05) is 24.8 Å². The van der Waals surface area contributed by atoms with Crippen molar-refractivity contribution in [3.05, 3.63) is 23.7 Å². The summed E-state index contributed by atoms with van der Waals surface area (Å²) in [7, 11) is 0. The monoisotopic (exact) mass is 268 g/mol. The molecule has 1 aliphatic rings. The molecule has 0 spiro atoms. The molecule has 0 bridgehead atoms. The second kappa shape index (κ2) is 6.13. The van der Waals surface area contributed by atoms with E-state index in [1.165, 1.54) is 11.5 Å². The van der Waals surface area contributed by atoms with Crippen LogP contribution >= 0.6 is 11.8 Å². The van der Waals surface area contributed by atoms with Gasteiger partial charge in [0.25, 0.3) is 0 Å². The van der Waals surface area contributed by atoms with Gasteiger partial charge < -0.3 is 10.2 Å². The van der Waals surface area contributed by atoms with E-state index in [1.54, 1.807) is 0 Å². The third-order valence-corrected chi connectivity index (χ3v) is 4.90. The van der Waals surface area contributed by atoms with E-state index in [9.17, 15) is 0 Å². The van der Waals surface area contributed by atoms with Gasteiger partial charge in [-0.15, -0.1) is 0 Å².